The van der Waals surface area contributed by atoms with Gasteiger partial charge in [-0.05, 0) is 47.0 Å². The van der Waals surface area contributed by atoms with Gasteiger partial charge in [0, 0.05) is 19.2 Å². The third-order valence-corrected chi connectivity index (χ3v) is 3.69. The van der Waals surface area contributed by atoms with Gasteiger partial charge in [-0.2, -0.15) is 0 Å². The summed E-state index contributed by atoms with van der Waals surface area (Å²) in [6.07, 6.45) is 3.90. The minimum absolute atomic E-state index is 0.00228. The standard InChI is InChI=1S/C13H25NO2/c1-12(2)8-11(13(3,4)16-12)14-9-10-6-5-7-15-10/h10-11,14H,5-9H2,1-4H3. The molecule has 2 heterocycles. The van der Waals surface area contributed by atoms with Crippen molar-refractivity contribution in [3.8, 4) is 0 Å². The molecule has 2 rings (SSSR count). The van der Waals surface area contributed by atoms with E-state index in [9.17, 15) is 0 Å². The van der Waals surface area contributed by atoms with Gasteiger partial charge >= 0.3 is 0 Å². The first-order chi connectivity index (χ1) is 7.39. The predicted octanol–water partition coefficient (Wildman–Crippen LogP) is 2.10. The molecule has 2 saturated heterocycles. The van der Waals surface area contributed by atoms with E-state index >= 15 is 0 Å². The first-order valence-electron chi connectivity index (χ1n) is 6.44. The number of hydrogen-bond acceptors (Lipinski definition) is 3. The number of nitrogens with one attached hydrogen (secondary N) is 1. The average molecular weight is 227 g/mol. The summed E-state index contributed by atoms with van der Waals surface area (Å²) < 4.78 is 11.7. The molecule has 3 nitrogen and oxygen atoms in total. The highest BCUT2D eigenvalue weighted by atomic mass is 16.5. The zero-order valence-corrected chi connectivity index (χ0v) is 11.0. The van der Waals surface area contributed by atoms with Gasteiger partial charge in [0.2, 0.25) is 0 Å². The van der Waals surface area contributed by atoms with Crippen LogP contribution in [0.5, 0.6) is 0 Å². The van der Waals surface area contributed by atoms with Gasteiger partial charge < -0.3 is 14.8 Å². The van der Waals surface area contributed by atoms with Crippen LogP contribution in [0.4, 0.5) is 0 Å². The van der Waals surface area contributed by atoms with Crippen molar-refractivity contribution in [2.24, 2.45) is 0 Å². The Hall–Kier alpha value is -0.120. The Labute approximate surface area is 98.9 Å². The molecular weight excluding hydrogens is 202 g/mol. The lowest BCUT2D eigenvalue weighted by Gasteiger charge is -2.28. The molecule has 1 N–H and O–H groups in total. The number of hydrogen-bond donors (Lipinski definition) is 1. The van der Waals surface area contributed by atoms with Crippen LogP contribution in [0.2, 0.25) is 0 Å². The molecule has 0 amide bonds. The van der Waals surface area contributed by atoms with Gasteiger partial charge in [-0.25, -0.2) is 0 Å². The van der Waals surface area contributed by atoms with Crippen LogP contribution in [-0.2, 0) is 9.47 Å². The van der Waals surface area contributed by atoms with Crippen molar-refractivity contribution < 1.29 is 9.47 Å². The molecule has 0 aromatic rings. The molecule has 0 bridgehead atoms. The lowest BCUT2D eigenvalue weighted by atomic mass is 9.94. The predicted molar refractivity (Wildman–Crippen MR) is 64.6 cm³/mol. The molecule has 0 spiro atoms. The first kappa shape index (κ1) is 12.3. The second kappa shape index (κ2) is 4.28. The summed E-state index contributed by atoms with van der Waals surface area (Å²) >= 11 is 0. The van der Waals surface area contributed by atoms with E-state index < -0.39 is 0 Å². The highest BCUT2D eigenvalue weighted by Gasteiger charge is 2.45. The zero-order chi connectivity index (χ0) is 11.8. The molecule has 2 unspecified atom stereocenters. The summed E-state index contributed by atoms with van der Waals surface area (Å²) in [5.74, 6) is 0. The van der Waals surface area contributed by atoms with E-state index in [0.717, 1.165) is 19.6 Å². The molecule has 0 aromatic carbocycles. The van der Waals surface area contributed by atoms with Gasteiger partial charge in [-0.3, -0.25) is 0 Å². The zero-order valence-electron chi connectivity index (χ0n) is 11.0. The van der Waals surface area contributed by atoms with Crippen LogP contribution in [0.1, 0.15) is 47.0 Å². The molecule has 16 heavy (non-hydrogen) atoms. The van der Waals surface area contributed by atoms with E-state index in [4.69, 9.17) is 9.47 Å². The molecule has 94 valence electrons. The van der Waals surface area contributed by atoms with E-state index in [1.165, 1.54) is 12.8 Å². The van der Waals surface area contributed by atoms with E-state index in [2.05, 4.69) is 33.0 Å². The molecule has 0 aromatic heterocycles. The summed E-state index contributed by atoms with van der Waals surface area (Å²) in [5, 5.41) is 3.62. The Kier molecular flexibility index (Phi) is 3.30. The number of rotatable bonds is 3. The molecule has 0 aliphatic carbocycles. The van der Waals surface area contributed by atoms with Crippen LogP contribution >= 0.6 is 0 Å². The van der Waals surface area contributed by atoms with E-state index in [-0.39, 0.29) is 11.2 Å². The highest BCUT2D eigenvalue weighted by Crippen LogP contribution is 2.37. The lowest BCUT2D eigenvalue weighted by molar-refractivity contribution is -0.0703. The summed E-state index contributed by atoms with van der Waals surface area (Å²) in [6, 6.07) is 0.437. The van der Waals surface area contributed by atoms with Gasteiger partial charge in [0.05, 0.1) is 17.3 Å². The Morgan fingerprint density at radius 1 is 1.25 bits per heavy atom. The lowest BCUT2D eigenvalue weighted by Crippen LogP contribution is -2.45. The van der Waals surface area contributed by atoms with Crippen molar-refractivity contribution in [3.05, 3.63) is 0 Å². The fourth-order valence-electron chi connectivity index (χ4n) is 2.96. The summed E-state index contributed by atoms with van der Waals surface area (Å²) in [4.78, 5) is 0. The Morgan fingerprint density at radius 2 is 2.00 bits per heavy atom. The summed E-state index contributed by atoms with van der Waals surface area (Å²) in [7, 11) is 0. The Balaban J connectivity index is 1.84. The quantitative estimate of drug-likeness (QED) is 0.801. The molecule has 3 heteroatoms. The van der Waals surface area contributed by atoms with E-state index in [1.807, 2.05) is 0 Å². The maximum absolute atomic E-state index is 6.06. The SMILES string of the molecule is CC1(C)CC(NCC2CCCO2)C(C)(C)O1. The minimum atomic E-state index is -0.0674. The first-order valence-corrected chi connectivity index (χ1v) is 6.44. The minimum Gasteiger partial charge on any atom is -0.377 e. The number of ether oxygens (including phenoxy) is 2. The topological polar surface area (TPSA) is 30.5 Å². The van der Waals surface area contributed by atoms with E-state index in [0.29, 0.717) is 12.1 Å². The molecule has 0 radical (unpaired) electrons. The Bertz CT molecular complexity index is 244. The smallest absolute Gasteiger partial charge is 0.0787 e. The molecule has 2 aliphatic rings. The van der Waals surface area contributed by atoms with Crippen molar-refractivity contribution in [3.63, 3.8) is 0 Å². The summed E-state index contributed by atoms with van der Waals surface area (Å²) in [6.45, 7) is 10.6. The van der Waals surface area contributed by atoms with E-state index in [1.54, 1.807) is 0 Å². The van der Waals surface area contributed by atoms with Crippen LogP contribution < -0.4 is 5.32 Å². The second-order valence-electron chi connectivity index (χ2n) is 6.27. The van der Waals surface area contributed by atoms with Gasteiger partial charge in [-0.15, -0.1) is 0 Å². The van der Waals surface area contributed by atoms with Crippen LogP contribution in [0.25, 0.3) is 0 Å². The molecule has 2 aliphatic heterocycles. The van der Waals surface area contributed by atoms with Crippen molar-refractivity contribution in [1.82, 2.24) is 5.32 Å². The fourth-order valence-corrected chi connectivity index (χ4v) is 2.96. The van der Waals surface area contributed by atoms with Crippen LogP contribution in [0, 0.1) is 0 Å². The van der Waals surface area contributed by atoms with Crippen molar-refractivity contribution in [1.29, 1.82) is 0 Å². The summed E-state index contributed by atoms with van der Waals surface area (Å²) in [5.41, 5.74) is -0.0696. The maximum atomic E-state index is 6.06. The Morgan fingerprint density at radius 3 is 2.50 bits per heavy atom. The largest absolute Gasteiger partial charge is 0.377 e. The third kappa shape index (κ3) is 2.76. The third-order valence-electron chi connectivity index (χ3n) is 3.69. The molecular formula is C13H25NO2. The molecule has 2 atom stereocenters. The average Bonchev–Trinajstić information content (AvgIpc) is 2.67. The van der Waals surface area contributed by atoms with Gasteiger partial charge in [0.1, 0.15) is 0 Å². The van der Waals surface area contributed by atoms with Crippen molar-refractivity contribution in [2.75, 3.05) is 13.2 Å². The van der Waals surface area contributed by atoms with Crippen molar-refractivity contribution in [2.45, 2.75) is 70.3 Å². The van der Waals surface area contributed by atoms with Gasteiger partial charge in [-0.1, -0.05) is 0 Å². The van der Waals surface area contributed by atoms with Crippen LogP contribution in [0.3, 0.4) is 0 Å². The van der Waals surface area contributed by atoms with Gasteiger partial charge in [0.25, 0.3) is 0 Å². The maximum Gasteiger partial charge on any atom is 0.0787 e. The molecule has 2 fully saturated rings. The second-order valence-corrected chi connectivity index (χ2v) is 6.27. The van der Waals surface area contributed by atoms with Gasteiger partial charge in [0.15, 0.2) is 0 Å². The van der Waals surface area contributed by atoms with Crippen molar-refractivity contribution >= 4 is 0 Å². The fraction of sp³-hybridized carbons (Fsp3) is 1.00. The molecule has 0 saturated carbocycles. The van der Waals surface area contributed by atoms with Crippen LogP contribution in [0.15, 0.2) is 0 Å². The monoisotopic (exact) mass is 227 g/mol. The highest BCUT2D eigenvalue weighted by molar-refractivity contribution is 4.99. The normalized spacial score (nSPS) is 36.8. The van der Waals surface area contributed by atoms with Crippen LogP contribution in [-0.4, -0.2) is 36.5 Å².